The maximum absolute atomic E-state index is 13.7. The van der Waals surface area contributed by atoms with Crippen LogP contribution in [0.1, 0.15) is 55.9 Å². The Morgan fingerprint density at radius 3 is 2.67 bits per heavy atom. The van der Waals surface area contributed by atoms with Gasteiger partial charge < -0.3 is 29.0 Å². The van der Waals surface area contributed by atoms with Gasteiger partial charge in [0.1, 0.15) is 11.2 Å². The Bertz CT molecular complexity index is 999. The number of carbonyl (C=O) groups is 2. The standard InChI is InChI=1S/C25H37N5O3/c1-25(24(32)26-19-7-4-3-5-8-19)18-29-20-9-16-33-22(20)17-21(29)23(31)30(25)11-6-10-28-14-12-27(2)13-15-28/h9,16-17,19H,3-8,10-15,18H2,1-2H3,(H,26,32)/t25-/m0/s1. The normalized spacial score (nSPS) is 25.5. The number of nitrogens with one attached hydrogen (secondary N) is 1. The first kappa shape index (κ1) is 22.5. The Balaban J connectivity index is 1.36. The number of piperazine rings is 1. The van der Waals surface area contributed by atoms with Crippen molar-refractivity contribution < 1.29 is 14.0 Å². The van der Waals surface area contributed by atoms with E-state index in [4.69, 9.17) is 4.42 Å². The fourth-order valence-electron chi connectivity index (χ4n) is 5.73. The fraction of sp³-hybridized carbons (Fsp3) is 0.680. The van der Waals surface area contributed by atoms with Crippen molar-refractivity contribution in [1.29, 1.82) is 0 Å². The van der Waals surface area contributed by atoms with Crippen molar-refractivity contribution in [2.45, 2.75) is 63.6 Å². The lowest BCUT2D eigenvalue weighted by Gasteiger charge is -2.45. The van der Waals surface area contributed by atoms with Crippen LogP contribution in [-0.4, -0.2) is 89.0 Å². The second kappa shape index (κ2) is 9.14. The van der Waals surface area contributed by atoms with Crippen LogP contribution in [0.2, 0.25) is 0 Å². The molecule has 1 saturated heterocycles. The van der Waals surface area contributed by atoms with Crippen molar-refractivity contribution in [1.82, 2.24) is 24.6 Å². The summed E-state index contributed by atoms with van der Waals surface area (Å²) >= 11 is 0. The van der Waals surface area contributed by atoms with Crippen molar-refractivity contribution in [3.63, 3.8) is 0 Å². The third-order valence-electron chi connectivity index (χ3n) is 7.93. The highest BCUT2D eigenvalue weighted by molar-refractivity contribution is 6.02. The number of carbonyl (C=O) groups excluding carboxylic acids is 2. The average Bonchev–Trinajstić information content (AvgIpc) is 3.40. The van der Waals surface area contributed by atoms with Crippen molar-refractivity contribution in [2.24, 2.45) is 0 Å². The number of likely N-dealkylation sites (N-methyl/N-ethyl adjacent to an activating group) is 1. The predicted molar refractivity (Wildman–Crippen MR) is 127 cm³/mol. The van der Waals surface area contributed by atoms with E-state index in [0.29, 0.717) is 24.4 Å². The lowest BCUT2D eigenvalue weighted by atomic mass is 9.91. The van der Waals surface area contributed by atoms with Crippen molar-refractivity contribution >= 4 is 22.9 Å². The zero-order valence-corrected chi connectivity index (χ0v) is 20.0. The highest BCUT2D eigenvalue weighted by atomic mass is 16.3. The van der Waals surface area contributed by atoms with Crippen LogP contribution < -0.4 is 5.32 Å². The molecule has 1 N–H and O–H groups in total. The average molecular weight is 456 g/mol. The van der Waals surface area contributed by atoms with Gasteiger partial charge in [0.15, 0.2) is 5.58 Å². The van der Waals surface area contributed by atoms with Gasteiger partial charge in [-0.1, -0.05) is 19.3 Å². The number of fused-ring (bicyclic) bond motifs is 3. The van der Waals surface area contributed by atoms with E-state index in [1.54, 1.807) is 6.26 Å². The molecule has 1 saturated carbocycles. The van der Waals surface area contributed by atoms with E-state index < -0.39 is 5.54 Å². The number of nitrogens with zero attached hydrogens (tertiary/aromatic N) is 4. The molecule has 2 amide bonds. The summed E-state index contributed by atoms with van der Waals surface area (Å²) in [4.78, 5) is 34.0. The van der Waals surface area contributed by atoms with Crippen LogP contribution in [0.15, 0.2) is 22.8 Å². The van der Waals surface area contributed by atoms with Crippen LogP contribution in [0.25, 0.3) is 11.1 Å². The quantitative estimate of drug-likeness (QED) is 0.725. The second-order valence-corrected chi connectivity index (χ2v) is 10.3. The minimum Gasteiger partial charge on any atom is -0.463 e. The highest BCUT2D eigenvalue weighted by Crippen LogP contribution is 2.33. The van der Waals surface area contributed by atoms with Crippen LogP contribution in [0, 0.1) is 0 Å². The summed E-state index contributed by atoms with van der Waals surface area (Å²) < 4.78 is 7.54. The minimum absolute atomic E-state index is 0.0293. The van der Waals surface area contributed by atoms with E-state index in [2.05, 4.69) is 22.2 Å². The van der Waals surface area contributed by atoms with Crippen LogP contribution in [-0.2, 0) is 11.3 Å². The lowest BCUT2D eigenvalue weighted by Crippen LogP contribution is -2.65. The van der Waals surface area contributed by atoms with Crippen LogP contribution >= 0.6 is 0 Å². The molecule has 1 atom stereocenters. The highest BCUT2D eigenvalue weighted by Gasteiger charge is 2.48. The van der Waals surface area contributed by atoms with Crippen molar-refractivity contribution in [3.05, 3.63) is 24.1 Å². The first-order valence-electron chi connectivity index (χ1n) is 12.6. The largest absolute Gasteiger partial charge is 0.463 e. The van der Waals surface area contributed by atoms with Gasteiger partial charge in [0.05, 0.1) is 18.3 Å². The first-order valence-corrected chi connectivity index (χ1v) is 12.6. The number of rotatable bonds is 6. The monoisotopic (exact) mass is 455 g/mol. The van der Waals surface area contributed by atoms with E-state index in [0.717, 1.165) is 70.3 Å². The zero-order valence-electron chi connectivity index (χ0n) is 20.0. The molecule has 0 spiro atoms. The minimum atomic E-state index is -0.924. The molecule has 2 aromatic heterocycles. The van der Waals surface area contributed by atoms with Gasteiger partial charge in [-0.05, 0) is 39.8 Å². The molecule has 8 heteroatoms. The topological polar surface area (TPSA) is 74.0 Å². The summed E-state index contributed by atoms with van der Waals surface area (Å²) in [5.41, 5.74) is 1.28. The Labute approximate surface area is 195 Å². The van der Waals surface area contributed by atoms with Gasteiger partial charge in [-0.3, -0.25) is 9.59 Å². The molecule has 1 aliphatic carbocycles. The predicted octanol–water partition coefficient (Wildman–Crippen LogP) is 2.54. The van der Waals surface area contributed by atoms with E-state index in [1.165, 1.54) is 6.42 Å². The van der Waals surface area contributed by atoms with E-state index in [9.17, 15) is 9.59 Å². The summed E-state index contributed by atoms with van der Waals surface area (Å²) in [7, 11) is 2.16. The number of hydrogen-bond donors (Lipinski definition) is 1. The summed E-state index contributed by atoms with van der Waals surface area (Å²) in [6.07, 6.45) is 8.12. The molecular formula is C25H37N5O3. The van der Waals surface area contributed by atoms with E-state index >= 15 is 0 Å². The number of aromatic nitrogens is 1. The van der Waals surface area contributed by atoms with Gasteiger partial charge >= 0.3 is 0 Å². The second-order valence-electron chi connectivity index (χ2n) is 10.3. The van der Waals surface area contributed by atoms with E-state index in [-0.39, 0.29) is 17.9 Å². The number of amides is 2. The fourth-order valence-corrected chi connectivity index (χ4v) is 5.73. The molecule has 0 unspecified atom stereocenters. The third kappa shape index (κ3) is 4.30. The van der Waals surface area contributed by atoms with Gasteiger partial charge in [-0.25, -0.2) is 0 Å². The van der Waals surface area contributed by atoms with Gasteiger partial charge in [-0.15, -0.1) is 0 Å². The maximum Gasteiger partial charge on any atom is 0.271 e. The van der Waals surface area contributed by atoms with E-state index in [1.807, 2.05) is 28.5 Å². The molecule has 5 rings (SSSR count). The molecule has 33 heavy (non-hydrogen) atoms. The molecule has 2 aromatic rings. The molecule has 180 valence electrons. The first-order chi connectivity index (χ1) is 16.0. The Morgan fingerprint density at radius 1 is 1.15 bits per heavy atom. The molecule has 0 aromatic carbocycles. The Morgan fingerprint density at radius 2 is 1.91 bits per heavy atom. The van der Waals surface area contributed by atoms with Gasteiger partial charge in [0.2, 0.25) is 5.91 Å². The summed E-state index contributed by atoms with van der Waals surface area (Å²) in [5, 5.41) is 3.30. The van der Waals surface area contributed by atoms with Gasteiger partial charge in [0.25, 0.3) is 5.91 Å². The zero-order chi connectivity index (χ0) is 23.0. The van der Waals surface area contributed by atoms with Gasteiger partial charge in [0, 0.05) is 50.9 Å². The van der Waals surface area contributed by atoms with Gasteiger partial charge in [-0.2, -0.15) is 0 Å². The van der Waals surface area contributed by atoms with Crippen molar-refractivity contribution in [2.75, 3.05) is 46.3 Å². The maximum atomic E-state index is 13.7. The molecule has 2 aliphatic heterocycles. The molecule has 2 fully saturated rings. The molecule has 0 radical (unpaired) electrons. The number of furan rings is 1. The Kier molecular flexibility index (Phi) is 6.22. The summed E-state index contributed by atoms with van der Waals surface area (Å²) in [6.45, 7) is 8.19. The van der Waals surface area contributed by atoms with Crippen LogP contribution in [0.4, 0.5) is 0 Å². The molecular weight excluding hydrogens is 418 g/mol. The Hall–Kier alpha value is -2.32. The molecule has 8 nitrogen and oxygen atoms in total. The van der Waals surface area contributed by atoms with Crippen LogP contribution in [0.5, 0.6) is 0 Å². The molecule has 4 heterocycles. The third-order valence-corrected chi connectivity index (χ3v) is 7.93. The summed E-state index contributed by atoms with van der Waals surface area (Å²) in [6, 6.07) is 3.92. The lowest BCUT2D eigenvalue weighted by molar-refractivity contribution is -0.133. The molecule has 3 aliphatic rings. The van der Waals surface area contributed by atoms with Crippen LogP contribution in [0.3, 0.4) is 0 Å². The van der Waals surface area contributed by atoms with Crippen molar-refractivity contribution in [3.8, 4) is 0 Å². The SMILES string of the molecule is CN1CCN(CCCN2C(=O)c3cc4occc4n3C[C@@]2(C)C(=O)NC2CCCCC2)CC1. The smallest absolute Gasteiger partial charge is 0.271 e. The number of hydrogen-bond acceptors (Lipinski definition) is 5. The molecule has 0 bridgehead atoms. The summed E-state index contributed by atoms with van der Waals surface area (Å²) in [5.74, 6) is -0.106.